The lowest BCUT2D eigenvalue weighted by Crippen LogP contribution is -2.51. The average Bonchev–Trinajstić information content (AvgIpc) is 2.67. The Bertz CT molecular complexity index is 361. The third kappa shape index (κ3) is 3.12. The number of cyclic esters (lactones) is 1. The number of imide groups is 1. The first-order valence-corrected chi connectivity index (χ1v) is 5.58. The topological polar surface area (TPSA) is 84.9 Å². The predicted molar refractivity (Wildman–Crippen MR) is 61.8 cm³/mol. The summed E-state index contributed by atoms with van der Waals surface area (Å²) in [6, 6.07) is -1.01. The molecule has 1 fully saturated rings. The number of esters is 1. The number of hydrogen-bond donors (Lipinski definition) is 1. The standard InChI is InChI=1S/C11H18N2O5/c1-11(2,3)7-6-18-10(16)13(7)9(15)12-5-8(14)17-4/h7H,5-6H2,1-4H3,(H,12,15)/t7-/m1/s1. The van der Waals surface area contributed by atoms with E-state index >= 15 is 0 Å². The molecule has 1 heterocycles. The molecule has 1 rings (SSSR count). The number of rotatable bonds is 2. The highest BCUT2D eigenvalue weighted by molar-refractivity contribution is 5.93. The maximum absolute atomic E-state index is 11.8. The molecule has 1 N–H and O–H groups in total. The van der Waals surface area contributed by atoms with E-state index in [0.717, 1.165) is 4.90 Å². The molecule has 0 saturated carbocycles. The van der Waals surface area contributed by atoms with Crippen LogP contribution in [0, 0.1) is 5.41 Å². The largest absolute Gasteiger partial charge is 0.468 e. The van der Waals surface area contributed by atoms with Gasteiger partial charge < -0.3 is 14.8 Å². The van der Waals surface area contributed by atoms with Gasteiger partial charge in [-0.1, -0.05) is 20.8 Å². The Morgan fingerprint density at radius 2 is 2.11 bits per heavy atom. The number of amides is 3. The highest BCUT2D eigenvalue weighted by Gasteiger charge is 2.44. The molecular weight excluding hydrogens is 240 g/mol. The van der Waals surface area contributed by atoms with E-state index < -0.39 is 18.1 Å². The van der Waals surface area contributed by atoms with Crippen LogP contribution in [0.2, 0.25) is 0 Å². The molecule has 0 radical (unpaired) electrons. The van der Waals surface area contributed by atoms with Crippen LogP contribution in [0.5, 0.6) is 0 Å². The molecule has 0 bridgehead atoms. The van der Waals surface area contributed by atoms with Crippen molar-refractivity contribution in [2.75, 3.05) is 20.3 Å². The highest BCUT2D eigenvalue weighted by atomic mass is 16.6. The van der Waals surface area contributed by atoms with E-state index in [4.69, 9.17) is 4.74 Å². The van der Waals surface area contributed by atoms with Crippen LogP contribution in [0.4, 0.5) is 9.59 Å². The maximum atomic E-state index is 11.8. The van der Waals surface area contributed by atoms with Crippen molar-refractivity contribution < 1.29 is 23.9 Å². The molecule has 1 saturated heterocycles. The Hall–Kier alpha value is -1.79. The Balaban J connectivity index is 2.69. The monoisotopic (exact) mass is 258 g/mol. The van der Waals surface area contributed by atoms with Gasteiger partial charge in [0.15, 0.2) is 0 Å². The number of ether oxygens (including phenoxy) is 2. The number of methoxy groups -OCH3 is 1. The Labute approximate surface area is 105 Å². The summed E-state index contributed by atoms with van der Waals surface area (Å²) >= 11 is 0. The van der Waals surface area contributed by atoms with Crippen molar-refractivity contribution in [3.8, 4) is 0 Å². The number of carbonyl (C=O) groups is 3. The SMILES string of the molecule is COC(=O)CNC(=O)N1C(=O)OC[C@@H]1C(C)(C)C. The number of hydrogen-bond acceptors (Lipinski definition) is 5. The van der Waals surface area contributed by atoms with Crippen LogP contribution in [-0.2, 0) is 14.3 Å². The molecule has 0 aromatic rings. The first kappa shape index (κ1) is 14.3. The lowest BCUT2D eigenvalue weighted by Gasteiger charge is -2.30. The molecule has 0 aliphatic carbocycles. The molecule has 0 aromatic carbocycles. The Kier molecular flexibility index (Phi) is 4.15. The lowest BCUT2D eigenvalue weighted by atomic mass is 9.87. The van der Waals surface area contributed by atoms with Crippen molar-refractivity contribution >= 4 is 18.1 Å². The van der Waals surface area contributed by atoms with Crippen molar-refractivity contribution in [1.82, 2.24) is 10.2 Å². The summed E-state index contributed by atoms with van der Waals surface area (Å²) in [6.45, 7) is 5.59. The normalized spacial score (nSPS) is 19.4. The Morgan fingerprint density at radius 1 is 1.50 bits per heavy atom. The van der Waals surface area contributed by atoms with E-state index in [1.54, 1.807) is 0 Å². The summed E-state index contributed by atoms with van der Waals surface area (Å²) in [5.74, 6) is -0.580. The fraction of sp³-hybridized carbons (Fsp3) is 0.727. The quantitative estimate of drug-likeness (QED) is 0.738. The van der Waals surface area contributed by atoms with Gasteiger partial charge in [-0.25, -0.2) is 14.5 Å². The van der Waals surface area contributed by atoms with Gasteiger partial charge >= 0.3 is 18.1 Å². The highest BCUT2D eigenvalue weighted by Crippen LogP contribution is 2.29. The fourth-order valence-corrected chi connectivity index (χ4v) is 1.59. The van der Waals surface area contributed by atoms with Gasteiger partial charge in [0.2, 0.25) is 0 Å². The second kappa shape index (κ2) is 5.24. The van der Waals surface area contributed by atoms with Crippen molar-refractivity contribution in [1.29, 1.82) is 0 Å². The van der Waals surface area contributed by atoms with Crippen molar-refractivity contribution in [2.45, 2.75) is 26.8 Å². The van der Waals surface area contributed by atoms with E-state index in [2.05, 4.69) is 10.1 Å². The fourth-order valence-electron chi connectivity index (χ4n) is 1.59. The van der Waals surface area contributed by atoms with Crippen LogP contribution in [0.3, 0.4) is 0 Å². The second-order valence-corrected chi connectivity index (χ2v) is 5.06. The molecule has 7 heteroatoms. The second-order valence-electron chi connectivity index (χ2n) is 5.06. The molecule has 1 aliphatic heterocycles. The van der Waals surface area contributed by atoms with Gasteiger partial charge in [-0.3, -0.25) is 4.79 Å². The summed E-state index contributed by atoms with van der Waals surface area (Å²) in [5, 5.41) is 2.32. The molecule has 1 aliphatic rings. The first-order chi connectivity index (χ1) is 8.27. The van der Waals surface area contributed by atoms with Gasteiger partial charge in [-0.05, 0) is 5.41 Å². The summed E-state index contributed by atoms with van der Waals surface area (Å²) in [6.07, 6.45) is -0.697. The number of carbonyl (C=O) groups excluding carboxylic acids is 3. The molecule has 1 atom stereocenters. The molecule has 102 valence electrons. The third-order valence-electron chi connectivity index (χ3n) is 2.70. The van der Waals surface area contributed by atoms with Crippen LogP contribution in [0.1, 0.15) is 20.8 Å². The summed E-state index contributed by atoms with van der Waals surface area (Å²) < 4.78 is 9.26. The molecule has 0 spiro atoms. The van der Waals surface area contributed by atoms with Gasteiger partial charge in [-0.15, -0.1) is 0 Å². The van der Waals surface area contributed by atoms with Crippen LogP contribution < -0.4 is 5.32 Å². The number of nitrogens with zero attached hydrogens (tertiary/aromatic N) is 1. The van der Waals surface area contributed by atoms with Crippen molar-refractivity contribution in [3.63, 3.8) is 0 Å². The minimum atomic E-state index is -0.697. The average molecular weight is 258 g/mol. The third-order valence-corrected chi connectivity index (χ3v) is 2.70. The molecule has 0 aromatic heterocycles. The van der Waals surface area contributed by atoms with Gasteiger partial charge in [0.1, 0.15) is 13.2 Å². The van der Waals surface area contributed by atoms with E-state index in [9.17, 15) is 14.4 Å². The van der Waals surface area contributed by atoms with E-state index in [0.29, 0.717) is 0 Å². The van der Waals surface area contributed by atoms with Gasteiger partial charge in [0.05, 0.1) is 13.2 Å². The molecule has 3 amide bonds. The maximum Gasteiger partial charge on any atom is 0.418 e. The van der Waals surface area contributed by atoms with Gasteiger partial charge in [0, 0.05) is 0 Å². The predicted octanol–water partition coefficient (Wildman–Crippen LogP) is 0.736. The zero-order valence-electron chi connectivity index (χ0n) is 11.0. The van der Waals surface area contributed by atoms with Crippen LogP contribution in [0.15, 0.2) is 0 Å². The Morgan fingerprint density at radius 3 is 2.61 bits per heavy atom. The van der Waals surface area contributed by atoms with Crippen molar-refractivity contribution in [3.05, 3.63) is 0 Å². The van der Waals surface area contributed by atoms with Crippen molar-refractivity contribution in [2.24, 2.45) is 5.41 Å². The molecular formula is C11H18N2O5. The summed E-state index contributed by atoms with van der Waals surface area (Å²) in [4.78, 5) is 35.3. The number of nitrogens with one attached hydrogen (secondary N) is 1. The van der Waals surface area contributed by atoms with Crippen LogP contribution in [-0.4, -0.2) is 49.3 Å². The first-order valence-electron chi connectivity index (χ1n) is 5.58. The smallest absolute Gasteiger partial charge is 0.418 e. The van der Waals surface area contributed by atoms with Crippen LogP contribution >= 0.6 is 0 Å². The molecule has 7 nitrogen and oxygen atoms in total. The van der Waals surface area contributed by atoms with E-state index in [1.165, 1.54) is 7.11 Å². The molecule has 18 heavy (non-hydrogen) atoms. The van der Waals surface area contributed by atoms with Gasteiger partial charge in [-0.2, -0.15) is 0 Å². The van der Waals surface area contributed by atoms with Gasteiger partial charge in [0.25, 0.3) is 0 Å². The number of urea groups is 1. The minimum Gasteiger partial charge on any atom is -0.468 e. The zero-order chi connectivity index (χ0) is 13.9. The molecule has 0 unspecified atom stereocenters. The minimum absolute atomic E-state index is 0.161. The summed E-state index contributed by atoms with van der Waals surface area (Å²) in [5.41, 5.74) is -0.297. The van der Waals surface area contributed by atoms with E-state index in [-0.39, 0.29) is 24.6 Å². The van der Waals surface area contributed by atoms with E-state index in [1.807, 2.05) is 20.8 Å². The van der Waals surface area contributed by atoms with Crippen LogP contribution in [0.25, 0.3) is 0 Å². The summed E-state index contributed by atoms with van der Waals surface area (Å²) in [7, 11) is 1.22. The lowest BCUT2D eigenvalue weighted by molar-refractivity contribution is -0.139. The zero-order valence-corrected chi connectivity index (χ0v) is 11.0.